The fraction of sp³-hybridized carbons (Fsp3) is 0.682. The Morgan fingerprint density at radius 1 is 1.18 bits per heavy atom. The van der Waals surface area contributed by atoms with Gasteiger partial charge in [-0.1, -0.05) is 49.6 Å². The molecule has 0 spiro atoms. The lowest BCUT2D eigenvalue weighted by atomic mass is 10.0. The van der Waals surface area contributed by atoms with Gasteiger partial charge in [-0.05, 0) is 24.8 Å². The molecule has 2 heterocycles. The molecule has 1 aromatic carbocycles. The molecular weight excluding hydrogens is 356 g/mol. The number of hydrogen-bond donors (Lipinski definition) is 2. The Hall–Kier alpha value is -1.47. The van der Waals surface area contributed by atoms with Gasteiger partial charge in [0.15, 0.2) is 0 Å². The third-order valence-electron chi connectivity index (χ3n) is 5.46. The van der Waals surface area contributed by atoms with E-state index < -0.39 is 0 Å². The molecule has 1 amide bonds. The normalized spacial score (nSPS) is 24.5. The van der Waals surface area contributed by atoms with E-state index in [1.54, 1.807) is 0 Å². The molecule has 2 aliphatic rings. The van der Waals surface area contributed by atoms with Crippen LogP contribution in [0.2, 0.25) is 0 Å². The summed E-state index contributed by atoms with van der Waals surface area (Å²) < 4.78 is 11.1. The number of benzene rings is 1. The van der Waals surface area contributed by atoms with Crippen molar-refractivity contribution in [3.05, 3.63) is 35.9 Å². The van der Waals surface area contributed by atoms with Gasteiger partial charge < -0.3 is 14.8 Å². The number of carbonyl (C=O) groups is 1. The van der Waals surface area contributed by atoms with E-state index in [0.717, 1.165) is 51.9 Å². The fourth-order valence-electron chi connectivity index (χ4n) is 3.68. The average molecular weight is 391 g/mol. The first kappa shape index (κ1) is 21.2. The van der Waals surface area contributed by atoms with E-state index in [1.165, 1.54) is 18.4 Å². The highest BCUT2D eigenvalue weighted by Gasteiger charge is 2.30. The zero-order chi connectivity index (χ0) is 19.4. The first-order chi connectivity index (χ1) is 13.8. The van der Waals surface area contributed by atoms with Crippen LogP contribution in [0, 0.1) is 5.92 Å². The van der Waals surface area contributed by atoms with Crippen molar-refractivity contribution in [2.45, 2.75) is 63.7 Å². The van der Waals surface area contributed by atoms with E-state index in [4.69, 9.17) is 14.3 Å². The summed E-state index contributed by atoms with van der Waals surface area (Å²) in [5.74, 6) is 0.503. The third kappa shape index (κ3) is 7.51. The summed E-state index contributed by atoms with van der Waals surface area (Å²) in [5.41, 5.74) is 4.13. The zero-order valence-electron chi connectivity index (χ0n) is 16.7. The van der Waals surface area contributed by atoms with Crippen molar-refractivity contribution < 1.29 is 19.1 Å². The van der Waals surface area contributed by atoms with Crippen molar-refractivity contribution in [3.63, 3.8) is 0 Å². The van der Waals surface area contributed by atoms with Gasteiger partial charge in [-0.25, -0.2) is 0 Å². The van der Waals surface area contributed by atoms with Gasteiger partial charge in [-0.3, -0.25) is 9.63 Å². The van der Waals surface area contributed by atoms with Gasteiger partial charge in [0.2, 0.25) is 5.91 Å². The van der Waals surface area contributed by atoms with E-state index in [2.05, 4.69) is 22.9 Å². The van der Waals surface area contributed by atoms with Crippen LogP contribution in [0.15, 0.2) is 30.3 Å². The summed E-state index contributed by atoms with van der Waals surface area (Å²) in [5, 5.41) is 3.02. The predicted octanol–water partition coefficient (Wildman–Crippen LogP) is 2.97. The molecule has 3 atom stereocenters. The largest absolute Gasteiger partial charge is 0.381 e. The van der Waals surface area contributed by atoms with Crippen LogP contribution in [0.1, 0.15) is 50.5 Å². The average Bonchev–Trinajstić information content (AvgIpc) is 3.41. The van der Waals surface area contributed by atoms with E-state index in [0.29, 0.717) is 19.1 Å². The molecule has 0 aromatic heterocycles. The molecule has 3 unspecified atom stereocenters. The minimum atomic E-state index is -0.223. The molecule has 1 aromatic rings. The highest BCUT2D eigenvalue weighted by Crippen LogP contribution is 2.18. The van der Waals surface area contributed by atoms with Gasteiger partial charge in [0.1, 0.15) is 6.04 Å². The van der Waals surface area contributed by atoms with Gasteiger partial charge >= 0.3 is 0 Å². The Kier molecular flexibility index (Phi) is 9.23. The molecule has 28 heavy (non-hydrogen) atoms. The quantitative estimate of drug-likeness (QED) is 0.537. The minimum absolute atomic E-state index is 0.0463. The maximum Gasteiger partial charge on any atom is 0.239 e. The molecule has 0 saturated carbocycles. The second-order valence-electron chi connectivity index (χ2n) is 7.86. The molecule has 2 aliphatic heterocycles. The molecule has 0 radical (unpaired) electrons. The van der Waals surface area contributed by atoms with Crippen molar-refractivity contribution in [2.75, 3.05) is 26.4 Å². The lowest BCUT2D eigenvalue weighted by molar-refractivity contribution is -0.124. The van der Waals surface area contributed by atoms with Crippen LogP contribution in [0.3, 0.4) is 0 Å². The van der Waals surface area contributed by atoms with Crippen LogP contribution >= 0.6 is 0 Å². The van der Waals surface area contributed by atoms with Crippen molar-refractivity contribution >= 4 is 5.91 Å². The Balaban J connectivity index is 1.15. The van der Waals surface area contributed by atoms with Crippen LogP contribution in [0.25, 0.3) is 0 Å². The van der Waals surface area contributed by atoms with Gasteiger partial charge in [0.05, 0.1) is 19.3 Å². The molecule has 156 valence electrons. The summed E-state index contributed by atoms with van der Waals surface area (Å²) in [7, 11) is 0. The highest BCUT2D eigenvalue weighted by molar-refractivity contribution is 5.81. The predicted molar refractivity (Wildman–Crippen MR) is 108 cm³/mol. The van der Waals surface area contributed by atoms with E-state index in [9.17, 15) is 4.79 Å². The summed E-state index contributed by atoms with van der Waals surface area (Å²) in [6.07, 6.45) is 7.49. The maximum atomic E-state index is 12.2. The van der Waals surface area contributed by atoms with Crippen LogP contribution in [-0.2, 0) is 25.7 Å². The van der Waals surface area contributed by atoms with E-state index in [-0.39, 0.29) is 18.1 Å². The number of hydroxylamine groups is 1. The summed E-state index contributed by atoms with van der Waals surface area (Å²) >= 11 is 0. The molecule has 2 N–H and O–H groups in total. The number of nitrogens with one attached hydrogen (secondary N) is 2. The Morgan fingerprint density at radius 3 is 2.86 bits per heavy atom. The molecule has 2 saturated heterocycles. The van der Waals surface area contributed by atoms with E-state index >= 15 is 0 Å². The standard InChI is InChI=1S/C22H34N2O4/c25-22(23-15-19-11-13-27-17-19)21-14-20(28-24-21)10-6-1-2-7-12-26-16-18-8-4-3-5-9-18/h3-5,8-9,19-21,24H,1-2,6-7,10-17H2,(H,23,25). The van der Waals surface area contributed by atoms with Crippen molar-refractivity contribution in [1.29, 1.82) is 0 Å². The van der Waals surface area contributed by atoms with Crippen molar-refractivity contribution in [1.82, 2.24) is 10.8 Å². The molecule has 0 bridgehead atoms. The first-order valence-electron chi connectivity index (χ1n) is 10.7. The molecule has 2 fully saturated rings. The second-order valence-corrected chi connectivity index (χ2v) is 7.86. The Morgan fingerprint density at radius 2 is 2.04 bits per heavy atom. The number of ether oxygens (including phenoxy) is 2. The lowest BCUT2D eigenvalue weighted by Gasteiger charge is -2.12. The summed E-state index contributed by atoms with van der Waals surface area (Å²) in [6, 6.07) is 10.1. The Bertz CT molecular complexity index is 563. The van der Waals surface area contributed by atoms with Gasteiger partial charge in [0, 0.05) is 32.1 Å². The second kappa shape index (κ2) is 12.2. The van der Waals surface area contributed by atoms with Gasteiger partial charge in [-0.15, -0.1) is 0 Å². The molecular formula is C22H34N2O4. The SMILES string of the molecule is O=C(NCC1CCOC1)C1CC(CCCCCCOCc2ccccc2)ON1. The van der Waals surface area contributed by atoms with E-state index in [1.807, 2.05) is 18.2 Å². The lowest BCUT2D eigenvalue weighted by Crippen LogP contribution is -2.42. The first-order valence-corrected chi connectivity index (χ1v) is 10.7. The number of rotatable bonds is 12. The van der Waals surface area contributed by atoms with Crippen LogP contribution in [-0.4, -0.2) is 44.4 Å². The number of unbranched alkanes of at least 4 members (excludes halogenated alkanes) is 3. The summed E-state index contributed by atoms with van der Waals surface area (Å²) in [4.78, 5) is 17.8. The smallest absolute Gasteiger partial charge is 0.239 e. The maximum absolute atomic E-state index is 12.2. The van der Waals surface area contributed by atoms with Crippen molar-refractivity contribution in [3.8, 4) is 0 Å². The number of amides is 1. The fourth-order valence-corrected chi connectivity index (χ4v) is 3.68. The molecule has 3 rings (SSSR count). The van der Waals surface area contributed by atoms with Crippen LogP contribution < -0.4 is 10.8 Å². The topological polar surface area (TPSA) is 68.8 Å². The number of hydrogen-bond acceptors (Lipinski definition) is 5. The molecule has 6 nitrogen and oxygen atoms in total. The van der Waals surface area contributed by atoms with Gasteiger partial charge in [-0.2, -0.15) is 5.48 Å². The summed E-state index contributed by atoms with van der Waals surface area (Å²) in [6.45, 7) is 3.78. The zero-order valence-corrected chi connectivity index (χ0v) is 16.7. The van der Waals surface area contributed by atoms with Crippen LogP contribution in [0.4, 0.5) is 0 Å². The highest BCUT2D eigenvalue weighted by atomic mass is 16.7. The Labute approximate surface area is 168 Å². The van der Waals surface area contributed by atoms with Gasteiger partial charge in [0.25, 0.3) is 0 Å². The molecule has 0 aliphatic carbocycles. The monoisotopic (exact) mass is 390 g/mol. The van der Waals surface area contributed by atoms with Crippen LogP contribution in [0.5, 0.6) is 0 Å². The minimum Gasteiger partial charge on any atom is -0.381 e. The number of carbonyl (C=O) groups excluding carboxylic acids is 1. The van der Waals surface area contributed by atoms with Crippen molar-refractivity contribution in [2.24, 2.45) is 5.92 Å². The third-order valence-corrected chi connectivity index (χ3v) is 5.46. The molecule has 6 heteroatoms.